The highest BCUT2D eigenvalue weighted by Gasteiger charge is 2.37. The number of anilines is 1. The average molecular weight is 435 g/mol. The maximum atomic E-state index is 13.3. The van der Waals surface area contributed by atoms with Crippen LogP contribution in [0.25, 0.3) is 0 Å². The van der Waals surface area contributed by atoms with Crippen molar-refractivity contribution in [2.24, 2.45) is 5.92 Å². The van der Waals surface area contributed by atoms with Gasteiger partial charge in [-0.05, 0) is 57.1 Å². The lowest BCUT2D eigenvalue weighted by atomic mass is 9.78. The molecule has 1 aromatic carbocycles. The molecule has 4 rings (SSSR count). The number of nitrogens with zero attached hydrogens (tertiary/aromatic N) is 1. The van der Waals surface area contributed by atoms with Crippen LogP contribution in [0.1, 0.15) is 57.4 Å². The summed E-state index contributed by atoms with van der Waals surface area (Å²) in [5.74, 6) is 0.595. The van der Waals surface area contributed by atoms with Crippen LogP contribution in [-0.4, -0.2) is 49.6 Å². The number of amides is 2. The number of rotatable bonds is 4. The van der Waals surface area contributed by atoms with Crippen LogP contribution in [0.15, 0.2) is 17.0 Å². The summed E-state index contributed by atoms with van der Waals surface area (Å²) in [6, 6.07) is 3.36. The van der Waals surface area contributed by atoms with Crippen molar-refractivity contribution in [2.75, 3.05) is 18.5 Å². The van der Waals surface area contributed by atoms with Crippen molar-refractivity contribution in [1.82, 2.24) is 4.90 Å². The van der Waals surface area contributed by atoms with Gasteiger partial charge in [0, 0.05) is 25.1 Å². The van der Waals surface area contributed by atoms with E-state index in [9.17, 15) is 18.0 Å². The van der Waals surface area contributed by atoms with Crippen molar-refractivity contribution in [1.29, 1.82) is 0 Å². The Morgan fingerprint density at radius 2 is 1.97 bits per heavy atom. The Morgan fingerprint density at radius 3 is 2.77 bits per heavy atom. The first-order valence-electron chi connectivity index (χ1n) is 10.9. The highest BCUT2D eigenvalue weighted by atomic mass is 32.2. The third kappa shape index (κ3) is 3.94. The SMILES string of the molecule is Cc1cc2c(cc1S(=O)(=O)C(C)CC(=O)N1CCCC3CCCCC31)OCC(=O)N2. The molecule has 3 aliphatic rings. The minimum absolute atomic E-state index is 0.0142. The zero-order valence-corrected chi connectivity index (χ0v) is 18.5. The second-order valence-electron chi connectivity index (χ2n) is 8.85. The number of benzene rings is 1. The molecule has 1 N–H and O–H groups in total. The lowest BCUT2D eigenvalue weighted by molar-refractivity contribution is -0.137. The van der Waals surface area contributed by atoms with Crippen molar-refractivity contribution in [3.8, 4) is 5.75 Å². The van der Waals surface area contributed by atoms with E-state index in [0.29, 0.717) is 22.9 Å². The second kappa shape index (κ2) is 8.21. The first-order valence-corrected chi connectivity index (χ1v) is 12.4. The van der Waals surface area contributed by atoms with Gasteiger partial charge in [0.05, 0.1) is 15.8 Å². The third-order valence-corrected chi connectivity index (χ3v) is 9.05. The summed E-state index contributed by atoms with van der Waals surface area (Å²) in [5, 5.41) is 1.86. The van der Waals surface area contributed by atoms with Crippen LogP contribution in [0, 0.1) is 12.8 Å². The van der Waals surface area contributed by atoms with Gasteiger partial charge in [0.25, 0.3) is 5.91 Å². The Balaban J connectivity index is 1.52. The summed E-state index contributed by atoms with van der Waals surface area (Å²) >= 11 is 0. The number of hydrogen-bond donors (Lipinski definition) is 1. The summed E-state index contributed by atoms with van der Waals surface area (Å²) < 4.78 is 32.0. The van der Waals surface area contributed by atoms with Crippen molar-refractivity contribution >= 4 is 27.3 Å². The minimum atomic E-state index is -3.72. The molecule has 2 amide bonds. The fourth-order valence-electron chi connectivity index (χ4n) is 5.15. The molecule has 0 radical (unpaired) electrons. The number of carbonyl (C=O) groups is 2. The van der Waals surface area contributed by atoms with E-state index in [0.717, 1.165) is 25.8 Å². The number of piperidine rings is 1. The van der Waals surface area contributed by atoms with Crippen LogP contribution in [-0.2, 0) is 19.4 Å². The van der Waals surface area contributed by atoms with Crippen molar-refractivity contribution < 1.29 is 22.7 Å². The van der Waals surface area contributed by atoms with Gasteiger partial charge in [0.1, 0.15) is 5.75 Å². The highest BCUT2D eigenvalue weighted by molar-refractivity contribution is 7.92. The first-order chi connectivity index (χ1) is 14.3. The lowest BCUT2D eigenvalue weighted by Crippen LogP contribution is -2.50. The van der Waals surface area contributed by atoms with Crippen molar-refractivity contribution in [3.05, 3.63) is 17.7 Å². The zero-order valence-electron chi connectivity index (χ0n) is 17.6. The quantitative estimate of drug-likeness (QED) is 0.786. The number of likely N-dealkylation sites (tertiary alicyclic amines) is 1. The Kier molecular flexibility index (Phi) is 5.79. The second-order valence-corrected chi connectivity index (χ2v) is 11.2. The van der Waals surface area contributed by atoms with Gasteiger partial charge in [-0.3, -0.25) is 9.59 Å². The number of carbonyl (C=O) groups excluding carboxylic acids is 2. The molecule has 3 unspecified atom stereocenters. The van der Waals surface area contributed by atoms with Crippen LogP contribution < -0.4 is 10.1 Å². The number of sulfone groups is 1. The largest absolute Gasteiger partial charge is 0.482 e. The fourth-order valence-corrected chi connectivity index (χ4v) is 6.72. The van der Waals surface area contributed by atoms with Gasteiger partial charge in [-0.2, -0.15) is 0 Å². The number of fused-ring (bicyclic) bond motifs is 2. The summed E-state index contributed by atoms with van der Waals surface area (Å²) in [6.45, 7) is 3.90. The number of nitrogens with one attached hydrogen (secondary N) is 1. The van der Waals surface area contributed by atoms with Crippen molar-refractivity contribution in [2.45, 2.75) is 75.0 Å². The monoisotopic (exact) mass is 434 g/mol. The maximum Gasteiger partial charge on any atom is 0.262 e. The lowest BCUT2D eigenvalue weighted by Gasteiger charge is -2.44. The van der Waals surface area contributed by atoms with Gasteiger partial charge in [-0.15, -0.1) is 0 Å². The van der Waals surface area contributed by atoms with Gasteiger partial charge < -0.3 is 15.0 Å². The van der Waals surface area contributed by atoms with E-state index in [1.165, 1.54) is 25.3 Å². The van der Waals surface area contributed by atoms with Gasteiger partial charge in [0.2, 0.25) is 5.91 Å². The molecule has 1 aromatic rings. The molecule has 2 aliphatic heterocycles. The number of ether oxygens (including phenoxy) is 1. The first kappa shape index (κ1) is 21.2. The predicted molar refractivity (Wildman–Crippen MR) is 113 cm³/mol. The van der Waals surface area contributed by atoms with Crippen LogP contribution in [0.5, 0.6) is 5.75 Å². The molecule has 1 saturated carbocycles. The maximum absolute atomic E-state index is 13.3. The molecule has 164 valence electrons. The summed E-state index contributed by atoms with van der Waals surface area (Å²) in [6.07, 6.45) is 6.74. The predicted octanol–water partition coefficient (Wildman–Crippen LogP) is 3.06. The molecule has 7 nitrogen and oxygen atoms in total. The van der Waals surface area contributed by atoms with Gasteiger partial charge in [-0.1, -0.05) is 12.8 Å². The Labute approximate surface area is 178 Å². The number of aryl methyl sites for hydroxylation is 1. The van der Waals surface area contributed by atoms with Crippen LogP contribution in [0.2, 0.25) is 0 Å². The van der Waals surface area contributed by atoms with E-state index < -0.39 is 15.1 Å². The summed E-state index contributed by atoms with van der Waals surface area (Å²) in [4.78, 5) is 26.7. The van der Waals surface area contributed by atoms with Gasteiger partial charge in [0.15, 0.2) is 16.4 Å². The Morgan fingerprint density at radius 1 is 1.23 bits per heavy atom. The smallest absolute Gasteiger partial charge is 0.262 e. The van der Waals surface area contributed by atoms with Crippen LogP contribution in [0.3, 0.4) is 0 Å². The average Bonchev–Trinajstić information content (AvgIpc) is 2.72. The number of hydrogen-bond acceptors (Lipinski definition) is 5. The topological polar surface area (TPSA) is 92.8 Å². The summed E-state index contributed by atoms with van der Waals surface area (Å²) in [7, 11) is -3.72. The summed E-state index contributed by atoms with van der Waals surface area (Å²) in [5.41, 5.74) is 1.01. The van der Waals surface area contributed by atoms with E-state index in [1.807, 2.05) is 4.90 Å². The van der Waals surface area contributed by atoms with E-state index in [2.05, 4.69) is 5.32 Å². The van der Waals surface area contributed by atoms with Crippen LogP contribution >= 0.6 is 0 Å². The molecule has 3 atom stereocenters. The molecular weight excluding hydrogens is 404 g/mol. The van der Waals surface area contributed by atoms with Crippen molar-refractivity contribution in [3.63, 3.8) is 0 Å². The molecule has 1 aliphatic carbocycles. The highest BCUT2D eigenvalue weighted by Crippen LogP contribution is 2.37. The third-order valence-electron chi connectivity index (χ3n) is 6.77. The molecule has 0 aromatic heterocycles. The van der Waals surface area contributed by atoms with Gasteiger partial charge in [-0.25, -0.2) is 8.42 Å². The standard InChI is InChI=1S/C22H30N2O5S/c1-14-10-17-19(29-13-21(25)23-17)12-20(14)30(27,28)15(2)11-22(26)24-9-5-7-16-6-3-4-8-18(16)24/h10,12,15-16,18H,3-9,11,13H2,1-2H3,(H,23,25). The Hall–Kier alpha value is -2.09. The molecule has 0 bridgehead atoms. The minimum Gasteiger partial charge on any atom is -0.482 e. The van der Waals surface area contributed by atoms with Gasteiger partial charge >= 0.3 is 0 Å². The normalized spacial score (nSPS) is 24.9. The molecule has 1 saturated heterocycles. The van der Waals surface area contributed by atoms with E-state index in [1.54, 1.807) is 19.9 Å². The zero-order chi connectivity index (χ0) is 21.5. The fraction of sp³-hybridized carbons (Fsp3) is 0.636. The molecular formula is C22H30N2O5S. The molecule has 2 fully saturated rings. The molecule has 8 heteroatoms. The molecule has 0 spiro atoms. The van der Waals surface area contributed by atoms with E-state index in [4.69, 9.17) is 4.74 Å². The Bertz CT molecular complexity index is 957. The van der Waals surface area contributed by atoms with Crippen LogP contribution in [0.4, 0.5) is 5.69 Å². The van der Waals surface area contributed by atoms with E-state index in [-0.39, 0.29) is 35.8 Å². The van der Waals surface area contributed by atoms with E-state index >= 15 is 0 Å². The molecule has 2 heterocycles. The molecule has 30 heavy (non-hydrogen) atoms.